The first-order chi connectivity index (χ1) is 9.06. The summed E-state index contributed by atoms with van der Waals surface area (Å²) in [6.45, 7) is 2.36. The van der Waals surface area contributed by atoms with Crippen molar-refractivity contribution in [2.45, 2.75) is 13.5 Å². The summed E-state index contributed by atoms with van der Waals surface area (Å²) in [6.07, 6.45) is 0. The normalized spacial score (nSPS) is 10.2. The van der Waals surface area contributed by atoms with Crippen LogP contribution < -0.4 is 16.2 Å². The highest BCUT2D eigenvalue weighted by atomic mass is 16.5. The van der Waals surface area contributed by atoms with E-state index in [2.05, 4.69) is 0 Å². The fraction of sp³-hybridized carbons (Fsp3) is 0.133. The average molecular weight is 256 g/mol. The Kier molecular flexibility index (Phi) is 3.71. The highest BCUT2D eigenvalue weighted by Gasteiger charge is 2.05. The summed E-state index contributed by atoms with van der Waals surface area (Å²) in [5.74, 6) is 0.302. The van der Waals surface area contributed by atoms with E-state index in [0.717, 1.165) is 16.9 Å². The number of ether oxygens (including phenoxy) is 1. The summed E-state index contributed by atoms with van der Waals surface area (Å²) in [5.41, 5.74) is 13.9. The molecule has 0 aliphatic heterocycles. The van der Waals surface area contributed by atoms with E-state index in [1.807, 2.05) is 31.2 Å². The number of aryl methyl sites for hydroxylation is 1. The van der Waals surface area contributed by atoms with Gasteiger partial charge < -0.3 is 16.2 Å². The molecule has 1 amide bonds. The Morgan fingerprint density at radius 1 is 1.21 bits per heavy atom. The van der Waals surface area contributed by atoms with E-state index < -0.39 is 5.91 Å². The molecule has 0 atom stereocenters. The molecular formula is C15H16N2O2. The molecule has 0 aliphatic carbocycles. The van der Waals surface area contributed by atoms with Crippen LogP contribution in [-0.4, -0.2) is 5.91 Å². The number of amides is 1. The molecule has 2 rings (SSSR count). The molecule has 0 spiro atoms. The molecule has 0 fully saturated rings. The minimum Gasteiger partial charge on any atom is -0.489 e. The molecule has 19 heavy (non-hydrogen) atoms. The van der Waals surface area contributed by atoms with Crippen LogP contribution in [0.25, 0.3) is 0 Å². The largest absolute Gasteiger partial charge is 0.489 e. The number of carbonyl (C=O) groups excluding carboxylic acids is 1. The summed E-state index contributed by atoms with van der Waals surface area (Å²) in [6, 6.07) is 12.7. The Morgan fingerprint density at radius 2 is 2.00 bits per heavy atom. The molecule has 0 bridgehead atoms. The van der Waals surface area contributed by atoms with Gasteiger partial charge in [-0.2, -0.15) is 0 Å². The minimum atomic E-state index is -0.488. The van der Waals surface area contributed by atoms with Gasteiger partial charge in [-0.25, -0.2) is 0 Å². The van der Waals surface area contributed by atoms with Crippen LogP contribution in [0.15, 0.2) is 42.5 Å². The smallest absolute Gasteiger partial charge is 0.248 e. The molecule has 4 N–H and O–H groups in total. The number of nitrogen functional groups attached to an aromatic ring is 1. The van der Waals surface area contributed by atoms with Crippen molar-refractivity contribution in [1.82, 2.24) is 0 Å². The van der Waals surface area contributed by atoms with Crippen molar-refractivity contribution in [3.05, 3.63) is 59.2 Å². The van der Waals surface area contributed by atoms with Gasteiger partial charge in [-0.3, -0.25) is 4.79 Å². The Bertz CT molecular complexity index is 609. The zero-order valence-electron chi connectivity index (χ0n) is 10.7. The summed E-state index contributed by atoms with van der Waals surface area (Å²) in [7, 11) is 0. The molecule has 0 aromatic heterocycles. The van der Waals surface area contributed by atoms with E-state index in [0.29, 0.717) is 17.9 Å². The fourth-order valence-corrected chi connectivity index (χ4v) is 1.75. The first-order valence-electron chi connectivity index (χ1n) is 5.94. The molecule has 98 valence electrons. The maximum absolute atomic E-state index is 11.0. The van der Waals surface area contributed by atoms with Gasteiger partial charge in [0.25, 0.3) is 0 Å². The lowest BCUT2D eigenvalue weighted by Crippen LogP contribution is -2.12. The van der Waals surface area contributed by atoms with Crippen LogP contribution in [0.2, 0.25) is 0 Å². The number of carbonyl (C=O) groups is 1. The van der Waals surface area contributed by atoms with Gasteiger partial charge in [0.2, 0.25) is 5.91 Å². The molecule has 0 heterocycles. The Labute approximate surface area is 112 Å². The first kappa shape index (κ1) is 13.0. The van der Waals surface area contributed by atoms with Crippen molar-refractivity contribution < 1.29 is 9.53 Å². The number of benzene rings is 2. The molecule has 0 saturated carbocycles. The lowest BCUT2D eigenvalue weighted by Gasteiger charge is -2.09. The number of anilines is 1. The monoisotopic (exact) mass is 256 g/mol. The van der Waals surface area contributed by atoms with Crippen molar-refractivity contribution in [3.8, 4) is 5.75 Å². The van der Waals surface area contributed by atoms with E-state index >= 15 is 0 Å². The van der Waals surface area contributed by atoms with E-state index in [9.17, 15) is 4.79 Å². The highest BCUT2D eigenvalue weighted by Crippen LogP contribution is 2.18. The van der Waals surface area contributed by atoms with E-state index in [1.54, 1.807) is 18.2 Å². The zero-order chi connectivity index (χ0) is 13.8. The van der Waals surface area contributed by atoms with Crippen LogP contribution in [0.5, 0.6) is 5.75 Å². The molecule has 2 aromatic rings. The standard InChI is InChI=1S/C15H16N2O2/c1-10-3-2-4-13(7-10)19-9-12-6-5-11(15(17)18)8-14(12)16/h2-8H,9,16H2,1H3,(H2,17,18). The maximum atomic E-state index is 11.0. The Hall–Kier alpha value is -2.49. The predicted molar refractivity (Wildman–Crippen MR) is 74.9 cm³/mol. The molecule has 0 saturated heterocycles. The molecule has 4 heteroatoms. The van der Waals surface area contributed by atoms with Crippen LogP contribution in [0, 0.1) is 6.92 Å². The second-order valence-electron chi connectivity index (χ2n) is 4.38. The Balaban J connectivity index is 2.10. The third-order valence-corrected chi connectivity index (χ3v) is 2.81. The number of hydrogen-bond acceptors (Lipinski definition) is 3. The van der Waals surface area contributed by atoms with Gasteiger partial charge in [-0.05, 0) is 36.8 Å². The third-order valence-electron chi connectivity index (χ3n) is 2.81. The van der Waals surface area contributed by atoms with Gasteiger partial charge in [0.15, 0.2) is 0 Å². The van der Waals surface area contributed by atoms with E-state index in [1.165, 1.54) is 0 Å². The first-order valence-corrected chi connectivity index (χ1v) is 5.94. The van der Waals surface area contributed by atoms with Crippen LogP contribution >= 0.6 is 0 Å². The van der Waals surface area contributed by atoms with Crippen molar-refractivity contribution in [2.75, 3.05) is 5.73 Å². The van der Waals surface area contributed by atoms with Gasteiger partial charge in [0, 0.05) is 16.8 Å². The average Bonchev–Trinajstić information content (AvgIpc) is 2.37. The highest BCUT2D eigenvalue weighted by molar-refractivity contribution is 5.93. The van der Waals surface area contributed by atoms with Gasteiger partial charge in [0.1, 0.15) is 12.4 Å². The molecule has 2 aromatic carbocycles. The quantitative estimate of drug-likeness (QED) is 0.823. The zero-order valence-corrected chi connectivity index (χ0v) is 10.7. The van der Waals surface area contributed by atoms with Crippen molar-refractivity contribution in [2.24, 2.45) is 5.73 Å². The summed E-state index contributed by atoms with van der Waals surface area (Å²) in [5, 5.41) is 0. The SMILES string of the molecule is Cc1cccc(OCc2ccc(C(N)=O)cc2N)c1. The fourth-order valence-electron chi connectivity index (χ4n) is 1.75. The van der Waals surface area contributed by atoms with E-state index in [-0.39, 0.29) is 0 Å². The second-order valence-corrected chi connectivity index (χ2v) is 4.38. The topological polar surface area (TPSA) is 78.3 Å². The summed E-state index contributed by atoms with van der Waals surface area (Å²) < 4.78 is 5.66. The maximum Gasteiger partial charge on any atom is 0.248 e. The van der Waals surface area contributed by atoms with Gasteiger partial charge in [-0.1, -0.05) is 18.2 Å². The molecular weight excluding hydrogens is 240 g/mol. The molecule has 4 nitrogen and oxygen atoms in total. The number of nitrogens with two attached hydrogens (primary N) is 2. The lowest BCUT2D eigenvalue weighted by molar-refractivity contribution is 0.100. The summed E-state index contributed by atoms with van der Waals surface area (Å²) in [4.78, 5) is 11.0. The van der Waals surface area contributed by atoms with Gasteiger partial charge >= 0.3 is 0 Å². The lowest BCUT2D eigenvalue weighted by atomic mass is 10.1. The predicted octanol–water partition coefficient (Wildman–Crippen LogP) is 2.26. The number of primary amides is 1. The van der Waals surface area contributed by atoms with Crippen molar-refractivity contribution in [3.63, 3.8) is 0 Å². The van der Waals surface area contributed by atoms with Crippen LogP contribution in [0.3, 0.4) is 0 Å². The molecule has 0 radical (unpaired) electrons. The van der Waals surface area contributed by atoms with Crippen LogP contribution in [0.4, 0.5) is 5.69 Å². The summed E-state index contributed by atoms with van der Waals surface area (Å²) >= 11 is 0. The van der Waals surface area contributed by atoms with E-state index in [4.69, 9.17) is 16.2 Å². The third kappa shape index (κ3) is 3.25. The molecule has 0 aliphatic rings. The van der Waals surface area contributed by atoms with Crippen molar-refractivity contribution in [1.29, 1.82) is 0 Å². The number of hydrogen-bond donors (Lipinski definition) is 2. The Morgan fingerprint density at radius 3 is 2.63 bits per heavy atom. The van der Waals surface area contributed by atoms with Gasteiger partial charge in [0.05, 0.1) is 0 Å². The number of rotatable bonds is 4. The van der Waals surface area contributed by atoms with Crippen LogP contribution in [-0.2, 0) is 6.61 Å². The van der Waals surface area contributed by atoms with Gasteiger partial charge in [-0.15, -0.1) is 0 Å². The second kappa shape index (κ2) is 5.44. The minimum absolute atomic E-state index is 0.355. The van der Waals surface area contributed by atoms with Crippen molar-refractivity contribution >= 4 is 11.6 Å². The molecule has 0 unspecified atom stereocenters. The van der Waals surface area contributed by atoms with Crippen LogP contribution in [0.1, 0.15) is 21.5 Å².